The van der Waals surface area contributed by atoms with Crippen LogP contribution in [0.5, 0.6) is 0 Å². The van der Waals surface area contributed by atoms with Crippen molar-refractivity contribution in [2.45, 2.75) is 19.6 Å². The highest BCUT2D eigenvalue weighted by Gasteiger charge is 2.32. The molecule has 0 aromatic carbocycles. The molecule has 0 atom stereocenters. The predicted molar refractivity (Wildman–Crippen MR) is 56.2 cm³/mol. The van der Waals surface area contributed by atoms with E-state index in [0.29, 0.717) is 5.39 Å². The number of esters is 1. The lowest BCUT2D eigenvalue weighted by atomic mass is 10.3. The summed E-state index contributed by atoms with van der Waals surface area (Å²) in [4.78, 5) is 11.6. The molecule has 7 heteroatoms. The van der Waals surface area contributed by atoms with Gasteiger partial charge in [0.05, 0.1) is 12.9 Å². The van der Waals surface area contributed by atoms with Gasteiger partial charge in [-0.25, -0.2) is 4.79 Å². The van der Waals surface area contributed by atoms with E-state index in [1.807, 2.05) is 0 Å². The van der Waals surface area contributed by atoms with Crippen molar-refractivity contribution in [3.05, 3.63) is 24.1 Å². The number of ether oxygens (including phenoxy) is 1. The van der Waals surface area contributed by atoms with E-state index >= 15 is 0 Å². The third kappa shape index (κ3) is 2.34. The Morgan fingerprint density at radius 2 is 2.22 bits per heavy atom. The number of rotatable bonds is 3. The highest BCUT2D eigenvalue weighted by atomic mass is 19.4. The molecule has 2 aromatic rings. The summed E-state index contributed by atoms with van der Waals surface area (Å²) < 4.78 is 47.8. The Balaban J connectivity index is 2.48. The normalized spacial score (nSPS) is 12.0. The molecule has 0 aliphatic heterocycles. The Morgan fingerprint density at radius 3 is 2.83 bits per heavy atom. The number of hydrogen-bond acceptors (Lipinski definition) is 3. The molecule has 0 N–H and O–H groups in total. The van der Waals surface area contributed by atoms with Crippen LogP contribution in [0.3, 0.4) is 0 Å². The van der Waals surface area contributed by atoms with Crippen LogP contribution in [-0.2, 0) is 11.3 Å². The summed E-state index contributed by atoms with van der Waals surface area (Å²) in [6.45, 7) is 0.384. The van der Waals surface area contributed by atoms with Crippen LogP contribution < -0.4 is 0 Å². The van der Waals surface area contributed by atoms with Crippen molar-refractivity contribution in [2.24, 2.45) is 0 Å². The van der Waals surface area contributed by atoms with Crippen LogP contribution in [0.4, 0.5) is 13.2 Å². The van der Waals surface area contributed by atoms with Crippen LogP contribution in [0.2, 0.25) is 0 Å². The molecule has 0 unspecified atom stereocenters. The van der Waals surface area contributed by atoms with Crippen LogP contribution in [-0.4, -0.2) is 23.3 Å². The van der Waals surface area contributed by atoms with Crippen molar-refractivity contribution in [2.75, 3.05) is 6.61 Å². The number of alkyl halides is 3. The number of carbonyl (C=O) groups excluding carboxylic acids is 1. The number of hydrogen-bond donors (Lipinski definition) is 0. The van der Waals surface area contributed by atoms with Gasteiger partial charge in [-0.2, -0.15) is 13.2 Å². The number of carbonyl (C=O) groups is 1. The van der Waals surface area contributed by atoms with E-state index in [-0.39, 0.29) is 18.0 Å². The monoisotopic (exact) mass is 261 g/mol. The maximum atomic E-state index is 12.5. The van der Waals surface area contributed by atoms with Crippen molar-refractivity contribution in [1.29, 1.82) is 0 Å². The van der Waals surface area contributed by atoms with E-state index in [1.54, 1.807) is 6.92 Å². The molecule has 0 aliphatic carbocycles. The first kappa shape index (κ1) is 12.5. The van der Waals surface area contributed by atoms with E-state index in [9.17, 15) is 18.0 Å². The molecule has 0 saturated carbocycles. The van der Waals surface area contributed by atoms with E-state index in [1.165, 1.54) is 18.4 Å². The zero-order valence-corrected chi connectivity index (χ0v) is 9.45. The second-order valence-electron chi connectivity index (χ2n) is 3.63. The summed E-state index contributed by atoms with van der Waals surface area (Å²) in [6, 6.07) is 2.81. The predicted octanol–water partition coefficient (Wildman–Crippen LogP) is 2.97. The van der Waals surface area contributed by atoms with Gasteiger partial charge in [0, 0.05) is 5.39 Å². The SMILES string of the molecule is CCOC(=O)c1cc2ccoc2n1CC(F)(F)F. The molecule has 4 nitrogen and oxygen atoms in total. The summed E-state index contributed by atoms with van der Waals surface area (Å²) in [5.41, 5.74) is -0.154. The largest absolute Gasteiger partial charge is 0.461 e. The number of fused-ring (bicyclic) bond motifs is 1. The fourth-order valence-corrected chi connectivity index (χ4v) is 1.69. The molecule has 0 bridgehead atoms. The van der Waals surface area contributed by atoms with Gasteiger partial charge in [-0.1, -0.05) is 0 Å². The molecule has 2 aromatic heterocycles. The lowest BCUT2D eigenvalue weighted by Crippen LogP contribution is -2.21. The minimum absolute atomic E-state index is 0.00961. The molecule has 2 rings (SSSR count). The maximum absolute atomic E-state index is 12.5. The minimum atomic E-state index is -4.44. The standard InChI is InChI=1S/C11H10F3NO3/c1-2-17-10(16)8-5-7-3-4-18-9(7)15(8)6-11(12,13)14/h3-5H,2,6H2,1H3. The number of nitrogens with zero attached hydrogens (tertiary/aromatic N) is 1. The van der Waals surface area contributed by atoms with Gasteiger partial charge in [0.1, 0.15) is 12.2 Å². The first-order chi connectivity index (χ1) is 8.42. The smallest absolute Gasteiger partial charge is 0.406 e. The summed E-state index contributed by atoms with van der Waals surface area (Å²) in [5, 5.41) is 0.433. The van der Waals surface area contributed by atoms with E-state index in [4.69, 9.17) is 9.15 Å². The van der Waals surface area contributed by atoms with Crippen molar-refractivity contribution >= 4 is 17.1 Å². The Labute approximate surface area is 99.9 Å². The molecule has 0 amide bonds. The third-order valence-corrected chi connectivity index (χ3v) is 2.32. The van der Waals surface area contributed by atoms with Crippen LogP contribution in [0.25, 0.3) is 11.1 Å². The van der Waals surface area contributed by atoms with Gasteiger partial charge in [0.15, 0.2) is 0 Å². The van der Waals surface area contributed by atoms with Gasteiger partial charge in [0.25, 0.3) is 0 Å². The zero-order chi connectivity index (χ0) is 13.3. The molecule has 98 valence electrons. The Kier molecular flexibility index (Phi) is 3.06. The van der Waals surface area contributed by atoms with Gasteiger partial charge in [-0.05, 0) is 19.1 Å². The number of furan rings is 1. The zero-order valence-electron chi connectivity index (χ0n) is 9.45. The van der Waals surface area contributed by atoms with Crippen LogP contribution in [0.1, 0.15) is 17.4 Å². The average molecular weight is 261 g/mol. The quantitative estimate of drug-likeness (QED) is 0.798. The fraction of sp³-hybridized carbons (Fsp3) is 0.364. The van der Waals surface area contributed by atoms with E-state index < -0.39 is 18.7 Å². The fourth-order valence-electron chi connectivity index (χ4n) is 1.69. The van der Waals surface area contributed by atoms with Crippen molar-refractivity contribution < 1.29 is 27.1 Å². The maximum Gasteiger partial charge on any atom is 0.406 e. The molecule has 0 spiro atoms. The summed E-state index contributed by atoms with van der Waals surface area (Å²) >= 11 is 0. The van der Waals surface area contributed by atoms with Crippen molar-refractivity contribution in [1.82, 2.24) is 4.57 Å². The second-order valence-corrected chi connectivity index (χ2v) is 3.63. The summed E-state index contributed by atoms with van der Waals surface area (Å²) in [5.74, 6) is -0.798. The molecule has 0 saturated heterocycles. The minimum Gasteiger partial charge on any atom is -0.461 e. The second kappa shape index (κ2) is 4.40. The van der Waals surface area contributed by atoms with Crippen LogP contribution in [0.15, 0.2) is 22.8 Å². The first-order valence-corrected chi connectivity index (χ1v) is 5.23. The highest BCUT2D eigenvalue weighted by Crippen LogP contribution is 2.26. The van der Waals surface area contributed by atoms with E-state index in [2.05, 4.69) is 0 Å². The molecule has 0 aliphatic rings. The average Bonchev–Trinajstić information content (AvgIpc) is 2.79. The van der Waals surface area contributed by atoms with Crippen molar-refractivity contribution in [3.8, 4) is 0 Å². The van der Waals surface area contributed by atoms with Crippen LogP contribution in [0, 0.1) is 0 Å². The Hall–Kier alpha value is -1.92. The molecular weight excluding hydrogens is 251 g/mol. The highest BCUT2D eigenvalue weighted by molar-refractivity contribution is 5.94. The molecule has 2 heterocycles. The molecule has 0 fully saturated rings. The van der Waals surface area contributed by atoms with Gasteiger partial charge in [-0.3, -0.25) is 4.57 Å². The Morgan fingerprint density at radius 1 is 1.50 bits per heavy atom. The van der Waals surface area contributed by atoms with Gasteiger partial charge in [-0.15, -0.1) is 0 Å². The summed E-state index contributed by atoms with van der Waals surface area (Å²) in [6.07, 6.45) is -3.17. The van der Waals surface area contributed by atoms with E-state index in [0.717, 1.165) is 4.57 Å². The lowest BCUT2D eigenvalue weighted by Gasteiger charge is -2.11. The number of halogens is 3. The summed E-state index contributed by atoms with van der Waals surface area (Å²) in [7, 11) is 0. The lowest BCUT2D eigenvalue weighted by molar-refractivity contribution is -0.140. The topological polar surface area (TPSA) is 44.4 Å². The first-order valence-electron chi connectivity index (χ1n) is 5.23. The number of aromatic nitrogens is 1. The third-order valence-electron chi connectivity index (χ3n) is 2.32. The Bertz CT molecular complexity index is 568. The molecule has 18 heavy (non-hydrogen) atoms. The van der Waals surface area contributed by atoms with Gasteiger partial charge < -0.3 is 9.15 Å². The van der Waals surface area contributed by atoms with Gasteiger partial charge in [0.2, 0.25) is 5.71 Å². The van der Waals surface area contributed by atoms with Crippen LogP contribution >= 0.6 is 0 Å². The molecule has 0 radical (unpaired) electrons. The van der Waals surface area contributed by atoms with Crippen molar-refractivity contribution in [3.63, 3.8) is 0 Å². The molecular formula is C11H10F3NO3. The van der Waals surface area contributed by atoms with Gasteiger partial charge >= 0.3 is 12.1 Å².